The molecule has 0 saturated heterocycles. The molecule has 144 valence electrons. The zero-order valence-corrected chi connectivity index (χ0v) is 15.9. The summed E-state index contributed by atoms with van der Waals surface area (Å²) in [6.07, 6.45) is 2.35. The van der Waals surface area contributed by atoms with E-state index in [0.717, 1.165) is 11.3 Å². The van der Waals surface area contributed by atoms with E-state index in [2.05, 4.69) is 20.7 Å². The lowest BCUT2D eigenvalue weighted by molar-refractivity contribution is 0.0938. The van der Waals surface area contributed by atoms with Gasteiger partial charge in [-0.25, -0.2) is 0 Å². The van der Waals surface area contributed by atoms with E-state index >= 15 is 0 Å². The highest BCUT2D eigenvalue weighted by Gasteiger charge is 2.22. The van der Waals surface area contributed by atoms with E-state index in [1.807, 2.05) is 55.5 Å². The number of carbonyl (C=O) groups excluding carboxylic acids is 2. The molecule has 0 saturated carbocycles. The number of nitrogens with zero attached hydrogens (tertiary/aromatic N) is 3. The van der Waals surface area contributed by atoms with E-state index in [1.54, 1.807) is 10.9 Å². The summed E-state index contributed by atoms with van der Waals surface area (Å²) in [6.45, 7) is 2.39. The third-order valence-corrected chi connectivity index (χ3v) is 4.47. The molecule has 0 aliphatic carbocycles. The third kappa shape index (κ3) is 4.43. The van der Waals surface area contributed by atoms with Crippen molar-refractivity contribution in [3.05, 3.63) is 83.4 Å². The maximum absolute atomic E-state index is 12.8. The normalized spacial score (nSPS) is 11.6. The highest BCUT2D eigenvalue weighted by Crippen LogP contribution is 2.20. The predicted octanol–water partition coefficient (Wildman–Crippen LogP) is 2.22. The van der Waals surface area contributed by atoms with E-state index in [1.165, 1.54) is 13.1 Å². The van der Waals surface area contributed by atoms with Gasteiger partial charge in [0.05, 0.1) is 6.04 Å². The van der Waals surface area contributed by atoms with Crippen molar-refractivity contribution in [2.24, 2.45) is 0 Å². The summed E-state index contributed by atoms with van der Waals surface area (Å²) in [5, 5.41) is 9.82. The van der Waals surface area contributed by atoms with Gasteiger partial charge in [-0.15, -0.1) is 0 Å². The molecule has 0 spiro atoms. The summed E-state index contributed by atoms with van der Waals surface area (Å²) >= 11 is 0. The van der Waals surface area contributed by atoms with Gasteiger partial charge < -0.3 is 10.6 Å². The molecule has 2 heterocycles. The van der Waals surface area contributed by atoms with Crippen molar-refractivity contribution in [2.75, 3.05) is 13.6 Å². The van der Waals surface area contributed by atoms with Crippen LogP contribution in [0.25, 0.3) is 0 Å². The number of aromatic nitrogens is 3. The second-order valence-electron chi connectivity index (χ2n) is 6.35. The minimum Gasteiger partial charge on any atom is -0.354 e. The standard InChI is InChI=1S/C21H23N5O2/c1-15(16-8-4-3-5-9-16)26-19(14-18(25-26)20(27)22-2)21(28)24-13-11-17-10-6-7-12-23-17/h3-10,12,14-15H,11,13H2,1-2H3,(H,22,27)(H,24,28). The lowest BCUT2D eigenvalue weighted by Gasteiger charge is -2.16. The van der Waals surface area contributed by atoms with Crippen molar-refractivity contribution < 1.29 is 9.59 Å². The molecule has 0 radical (unpaired) electrons. The molecule has 7 nitrogen and oxygen atoms in total. The smallest absolute Gasteiger partial charge is 0.271 e. The number of benzene rings is 1. The average molecular weight is 377 g/mol. The summed E-state index contributed by atoms with van der Waals surface area (Å²) in [5.41, 5.74) is 2.45. The van der Waals surface area contributed by atoms with E-state index in [9.17, 15) is 9.59 Å². The van der Waals surface area contributed by atoms with Crippen molar-refractivity contribution >= 4 is 11.8 Å². The molecule has 7 heteroatoms. The molecule has 2 amide bonds. The Kier molecular flexibility index (Phi) is 6.16. The van der Waals surface area contributed by atoms with E-state index in [-0.39, 0.29) is 23.6 Å². The molecule has 1 atom stereocenters. The van der Waals surface area contributed by atoms with Crippen LogP contribution < -0.4 is 10.6 Å². The SMILES string of the molecule is CNC(=O)c1cc(C(=O)NCCc2ccccn2)n(C(C)c2ccccc2)n1. The van der Waals surface area contributed by atoms with Gasteiger partial charge in [-0.1, -0.05) is 36.4 Å². The molecule has 0 aliphatic heterocycles. The van der Waals surface area contributed by atoms with Crippen LogP contribution in [0.5, 0.6) is 0 Å². The van der Waals surface area contributed by atoms with Crippen LogP contribution >= 0.6 is 0 Å². The molecule has 2 N–H and O–H groups in total. The van der Waals surface area contributed by atoms with Gasteiger partial charge in [0.15, 0.2) is 5.69 Å². The lowest BCUT2D eigenvalue weighted by atomic mass is 10.1. The average Bonchev–Trinajstić information content (AvgIpc) is 3.19. The van der Waals surface area contributed by atoms with Crippen LogP contribution in [-0.4, -0.2) is 40.2 Å². The Balaban J connectivity index is 1.80. The number of amides is 2. The fourth-order valence-corrected chi connectivity index (χ4v) is 2.91. The molecule has 1 aromatic carbocycles. The molecule has 3 aromatic rings. The molecular formula is C21H23N5O2. The number of rotatable bonds is 7. The molecule has 0 aliphatic rings. The van der Waals surface area contributed by atoms with Gasteiger partial charge in [-0.05, 0) is 24.6 Å². The quantitative estimate of drug-likeness (QED) is 0.661. The molecule has 0 fully saturated rings. The van der Waals surface area contributed by atoms with Gasteiger partial charge in [-0.3, -0.25) is 19.3 Å². The number of hydrogen-bond acceptors (Lipinski definition) is 4. The minimum absolute atomic E-state index is 0.198. The van der Waals surface area contributed by atoms with Crippen LogP contribution in [0.2, 0.25) is 0 Å². The second kappa shape index (κ2) is 8.94. The van der Waals surface area contributed by atoms with Crippen molar-refractivity contribution in [3.8, 4) is 0 Å². The second-order valence-corrected chi connectivity index (χ2v) is 6.35. The van der Waals surface area contributed by atoms with Gasteiger partial charge in [0, 0.05) is 38.0 Å². The molecule has 2 aromatic heterocycles. The molecule has 0 bridgehead atoms. The van der Waals surface area contributed by atoms with Gasteiger partial charge in [0.25, 0.3) is 11.8 Å². The first-order valence-electron chi connectivity index (χ1n) is 9.15. The summed E-state index contributed by atoms with van der Waals surface area (Å²) < 4.78 is 1.59. The van der Waals surface area contributed by atoms with Crippen LogP contribution in [0.1, 0.15) is 45.2 Å². The molecular weight excluding hydrogens is 354 g/mol. The minimum atomic E-state index is -0.332. The molecule has 1 unspecified atom stereocenters. The first kappa shape index (κ1) is 19.3. The third-order valence-electron chi connectivity index (χ3n) is 4.47. The highest BCUT2D eigenvalue weighted by molar-refractivity contribution is 5.97. The first-order valence-corrected chi connectivity index (χ1v) is 9.15. The van der Waals surface area contributed by atoms with Gasteiger partial charge in [-0.2, -0.15) is 5.10 Å². The van der Waals surface area contributed by atoms with Gasteiger partial charge >= 0.3 is 0 Å². The first-order chi connectivity index (χ1) is 13.6. The Morgan fingerprint density at radius 3 is 2.50 bits per heavy atom. The number of nitrogens with one attached hydrogen (secondary N) is 2. The largest absolute Gasteiger partial charge is 0.354 e. The zero-order chi connectivity index (χ0) is 19.9. The van der Waals surface area contributed by atoms with E-state index in [4.69, 9.17) is 0 Å². The van der Waals surface area contributed by atoms with Crippen LogP contribution in [-0.2, 0) is 6.42 Å². The Labute approximate surface area is 163 Å². The lowest BCUT2D eigenvalue weighted by Crippen LogP contribution is -2.29. The monoisotopic (exact) mass is 377 g/mol. The fraction of sp³-hybridized carbons (Fsp3) is 0.238. The van der Waals surface area contributed by atoms with Crippen molar-refractivity contribution in [1.29, 1.82) is 0 Å². The van der Waals surface area contributed by atoms with Crippen LogP contribution in [0.4, 0.5) is 0 Å². The van der Waals surface area contributed by atoms with Crippen LogP contribution in [0.15, 0.2) is 60.8 Å². The predicted molar refractivity (Wildman–Crippen MR) is 106 cm³/mol. The van der Waals surface area contributed by atoms with Crippen molar-refractivity contribution in [3.63, 3.8) is 0 Å². The number of carbonyl (C=O) groups is 2. The van der Waals surface area contributed by atoms with Crippen molar-refractivity contribution in [1.82, 2.24) is 25.4 Å². The van der Waals surface area contributed by atoms with Gasteiger partial charge in [0.2, 0.25) is 0 Å². The Hall–Kier alpha value is -3.48. The van der Waals surface area contributed by atoms with Crippen LogP contribution in [0.3, 0.4) is 0 Å². The number of hydrogen-bond donors (Lipinski definition) is 2. The summed E-state index contributed by atoms with van der Waals surface area (Å²) in [6, 6.07) is 16.7. The van der Waals surface area contributed by atoms with E-state index < -0.39 is 0 Å². The van der Waals surface area contributed by atoms with E-state index in [0.29, 0.717) is 18.7 Å². The Morgan fingerprint density at radius 2 is 1.82 bits per heavy atom. The summed E-state index contributed by atoms with van der Waals surface area (Å²) in [5.74, 6) is -0.608. The maximum Gasteiger partial charge on any atom is 0.271 e. The summed E-state index contributed by atoms with van der Waals surface area (Å²) in [7, 11) is 1.54. The van der Waals surface area contributed by atoms with Gasteiger partial charge in [0.1, 0.15) is 5.69 Å². The zero-order valence-electron chi connectivity index (χ0n) is 15.9. The summed E-state index contributed by atoms with van der Waals surface area (Å²) in [4.78, 5) is 29.1. The highest BCUT2D eigenvalue weighted by atomic mass is 16.2. The maximum atomic E-state index is 12.8. The Morgan fingerprint density at radius 1 is 1.07 bits per heavy atom. The number of pyridine rings is 1. The topological polar surface area (TPSA) is 88.9 Å². The Bertz CT molecular complexity index is 938. The van der Waals surface area contributed by atoms with Crippen LogP contribution in [0, 0.1) is 0 Å². The molecule has 28 heavy (non-hydrogen) atoms. The van der Waals surface area contributed by atoms with Crippen molar-refractivity contribution in [2.45, 2.75) is 19.4 Å². The fourth-order valence-electron chi connectivity index (χ4n) is 2.91. The molecule has 3 rings (SSSR count).